The highest BCUT2D eigenvalue weighted by Crippen LogP contribution is 2.32. The van der Waals surface area contributed by atoms with Crippen LogP contribution in [0.2, 0.25) is 0 Å². The number of aliphatic hydroxyl groups is 1. The number of benzene rings is 2. The lowest BCUT2D eigenvalue weighted by Gasteiger charge is -2.21. The van der Waals surface area contributed by atoms with Crippen molar-refractivity contribution < 1.29 is 23.1 Å². The fourth-order valence-electron chi connectivity index (χ4n) is 3.05. The molecule has 2 unspecified atom stereocenters. The maximum atomic E-state index is 12.9. The monoisotopic (exact) mass is 454 g/mol. The molecule has 1 heterocycles. The number of nitrogens with one attached hydrogen (secondary N) is 1. The normalized spacial score (nSPS) is 14.1. The van der Waals surface area contributed by atoms with Gasteiger partial charge in [-0.2, -0.15) is 13.2 Å². The Kier molecular flexibility index (Phi) is 5.54. The predicted octanol–water partition coefficient (Wildman–Crippen LogP) is 4.81. The number of aromatic nitrogens is 1. The van der Waals surface area contributed by atoms with Crippen molar-refractivity contribution in [2.75, 3.05) is 0 Å². The van der Waals surface area contributed by atoms with E-state index in [2.05, 4.69) is 21.2 Å². The maximum Gasteiger partial charge on any atom is 0.416 e. The molecule has 28 heavy (non-hydrogen) atoms. The van der Waals surface area contributed by atoms with Gasteiger partial charge < -0.3 is 15.0 Å². The summed E-state index contributed by atoms with van der Waals surface area (Å²) in [6.45, 7) is 1.66. The molecule has 0 bridgehead atoms. The van der Waals surface area contributed by atoms with Crippen molar-refractivity contribution in [3.8, 4) is 0 Å². The van der Waals surface area contributed by atoms with Gasteiger partial charge in [0.25, 0.3) is 5.91 Å². The van der Waals surface area contributed by atoms with E-state index in [9.17, 15) is 23.1 Å². The van der Waals surface area contributed by atoms with Crippen LogP contribution >= 0.6 is 15.9 Å². The van der Waals surface area contributed by atoms with E-state index >= 15 is 0 Å². The first kappa shape index (κ1) is 20.4. The van der Waals surface area contributed by atoms with Crippen molar-refractivity contribution in [1.82, 2.24) is 9.88 Å². The molecular weight excluding hydrogens is 437 g/mol. The van der Waals surface area contributed by atoms with E-state index in [4.69, 9.17) is 0 Å². The minimum atomic E-state index is -4.45. The lowest BCUT2D eigenvalue weighted by Crippen LogP contribution is -2.37. The Balaban J connectivity index is 1.82. The fourth-order valence-corrected chi connectivity index (χ4v) is 3.32. The van der Waals surface area contributed by atoms with Crippen molar-refractivity contribution >= 4 is 32.7 Å². The number of hydrogen-bond acceptors (Lipinski definition) is 2. The second-order valence-corrected chi connectivity index (χ2v) is 7.53. The van der Waals surface area contributed by atoms with Gasteiger partial charge in [0.05, 0.1) is 17.7 Å². The first-order valence-electron chi connectivity index (χ1n) is 8.49. The molecule has 2 atom stereocenters. The number of rotatable bonds is 4. The number of carbonyl (C=O) groups is 1. The molecule has 3 rings (SSSR count). The standard InChI is InChI=1S/C20H18BrF3N2O2/c1-11(18(27)12-3-6-15(21)7-4-12)25-19(28)17-10-13-9-14(20(22,23)24)5-8-16(13)26(17)2/h3-11,18,27H,1-2H3,(H,25,28). The molecule has 8 heteroatoms. The van der Waals surface area contributed by atoms with Crippen LogP contribution < -0.4 is 5.32 Å². The Labute approximate surface area is 168 Å². The summed E-state index contributed by atoms with van der Waals surface area (Å²) in [5.41, 5.74) is 0.600. The first-order chi connectivity index (χ1) is 13.1. The second-order valence-electron chi connectivity index (χ2n) is 6.62. The number of halogens is 4. The Morgan fingerprint density at radius 3 is 2.39 bits per heavy atom. The predicted molar refractivity (Wildman–Crippen MR) is 104 cm³/mol. The van der Waals surface area contributed by atoms with E-state index < -0.39 is 29.8 Å². The molecule has 0 saturated carbocycles. The van der Waals surface area contributed by atoms with Crippen LogP contribution in [-0.2, 0) is 13.2 Å². The third kappa shape index (κ3) is 4.07. The largest absolute Gasteiger partial charge is 0.416 e. The third-order valence-corrected chi connectivity index (χ3v) is 5.17. The van der Waals surface area contributed by atoms with E-state index in [1.807, 2.05) is 0 Å². The molecule has 0 fully saturated rings. The summed E-state index contributed by atoms with van der Waals surface area (Å²) in [4.78, 5) is 12.6. The number of carbonyl (C=O) groups excluding carboxylic acids is 1. The van der Waals surface area contributed by atoms with Crippen LogP contribution in [0.25, 0.3) is 10.9 Å². The van der Waals surface area contributed by atoms with E-state index in [1.165, 1.54) is 16.7 Å². The molecule has 0 saturated heterocycles. The van der Waals surface area contributed by atoms with E-state index in [0.29, 0.717) is 16.5 Å². The minimum Gasteiger partial charge on any atom is -0.386 e. The van der Waals surface area contributed by atoms with E-state index in [-0.39, 0.29) is 5.69 Å². The third-order valence-electron chi connectivity index (χ3n) is 4.65. The Hall–Kier alpha value is -2.32. The number of fused-ring (bicyclic) bond motifs is 1. The molecule has 1 amide bonds. The Morgan fingerprint density at radius 2 is 1.79 bits per heavy atom. The van der Waals surface area contributed by atoms with Gasteiger partial charge in [-0.3, -0.25) is 4.79 Å². The van der Waals surface area contributed by atoms with Crippen LogP contribution in [0, 0.1) is 0 Å². The molecule has 148 valence electrons. The highest BCUT2D eigenvalue weighted by Gasteiger charge is 2.31. The Bertz CT molecular complexity index is 1010. The van der Waals surface area contributed by atoms with Crippen LogP contribution in [0.3, 0.4) is 0 Å². The SMILES string of the molecule is CC(NC(=O)c1cc2cc(C(F)(F)F)ccc2n1C)C(O)c1ccc(Br)cc1. The number of aryl methyl sites for hydroxylation is 1. The summed E-state index contributed by atoms with van der Waals surface area (Å²) in [5.74, 6) is -0.476. The average Bonchev–Trinajstić information content (AvgIpc) is 2.97. The van der Waals surface area contributed by atoms with Gasteiger partial charge in [0.15, 0.2) is 0 Å². The molecule has 2 aromatic carbocycles. The van der Waals surface area contributed by atoms with Gasteiger partial charge in [-0.1, -0.05) is 28.1 Å². The number of aliphatic hydroxyl groups excluding tert-OH is 1. The average molecular weight is 455 g/mol. The first-order valence-corrected chi connectivity index (χ1v) is 9.28. The highest BCUT2D eigenvalue weighted by atomic mass is 79.9. The summed E-state index contributed by atoms with van der Waals surface area (Å²) in [6, 6.07) is 11.2. The van der Waals surface area contributed by atoms with Crippen molar-refractivity contribution in [3.05, 3.63) is 69.8 Å². The molecular formula is C20H18BrF3N2O2. The molecule has 4 nitrogen and oxygen atoms in total. The van der Waals surface area contributed by atoms with Crippen molar-refractivity contribution in [3.63, 3.8) is 0 Å². The lowest BCUT2D eigenvalue weighted by atomic mass is 10.0. The molecule has 0 radical (unpaired) electrons. The molecule has 1 aromatic heterocycles. The van der Waals surface area contributed by atoms with Gasteiger partial charge in [-0.25, -0.2) is 0 Å². The zero-order valence-corrected chi connectivity index (χ0v) is 16.7. The topological polar surface area (TPSA) is 54.3 Å². The fraction of sp³-hybridized carbons (Fsp3) is 0.250. The minimum absolute atomic E-state index is 0.212. The van der Waals surface area contributed by atoms with Gasteiger partial charge in [0.1, 0.15) is 5.69 Å². The van der Waals surface area contributed by atoms with Gasteiger partial charge >= 0.3 is 6.18 Å². The molecule has 0 spiro atoms. The smallest absolute Gasteiger partial charge is 0.386 e. The van der Waals surface area contributed by atoms with Crippen LogP contribution in [0.5, 0.6) is 0 Å². The van der Waals surface area contributed by atoms with Crippen LogP contribution in [0.15, 0.2) is 53.0 Å². The summed E-state index contributed by atoms with van der Waals surface area (Å²) >= 11 is 3.32. The highest BCUT2D eigenvalue weighted by molar-refractivity contribution is 9.10. The Morgan fingerprint density at radius 1 is 1.14 bits per heavy atom. The van der Waals surface area contributed by atoms with Gasteiger partial charge in [-0.05, 0) is 48.9 Å². The number of nitrogens with zero attached hydrogens (tertiary/aromatic N) is 1. The quantitative estimate of drug-likeness (QED) is 0.594. The zero-order chi connectivity index (χ0) is 20.6. The maximum absolute atomic E-state index is 12.9. The molecule has 2 N–H and O–H groups in total. The van der Waals surface area contributed by atoms with Crippen LogP contribution in [-0.4, -0.2) is 21.6 Å². The summed E-state index contributed by atoms with van der Waals surface area (Å²) in [7, 11) is 1.61. The molecule has 0 aliphatic carbocycles. The van der Waals surface area contributed by atoms with E-state index in [1.54, 1.807) is 38.2 Å². The van der Waals surface area contributed by atoms with Gasteiger partial charge in [0.2, 0.25) is 0 Å². The summed E-state index contributed by atoms with van der Waals surface area (Å²) in [5, 5.41) is 13.5. The zero-order valence-electron chi connectivity index (χ0n) is 15.1. The number of alkyl halides is 3. The molecule has 0 aliphatic rings. The van der Waals surface area contributed by atoms with Gasteiger partial charge in [-0.15, -0.1) is 0 Å². The van der Waals surface area contributed by atoms with Crippen molar-refractivity contribution in [1.29, 1.82) is 0 Å². The molecule has 3 aromatic rings. The van der Waals surface area contributed by atoms with Crippen molar-refractivity contribution in [2.45, 2.75) is 25.2 Å². The van der Waals surface area contributed by atoms with Crippen LogP contribution in [0.4, 0.5) is 13.2 Å². The second kappa shape index (κ2) is 7.60. The summed E-state index contributed by atoms with van der Waals surface area (Å²) in [6.07, 6.45) is -5.38. The van der Waals surface area contributed by atoms with Gasteiger partial charge in [0, 0.05) is 22.4 Å². The number of hydrogen-bond donors (Lipinski definition) is 2. The number of amides is 1. The summed E-state index contributed by atoms with van der Waals surface area (Å²) < 4.78 is 41.1. The van der Waals surface area contributed by atoms with Crippen LogP contribution in [0.1, 0.15) is 34.6 Å². The van der Waals surface area contributed by atoms with E-state index in [0.717, 1.165) is 16.6 Å². The lowest BCUT2D eigenvalue weighted by molar-refractivity contribution is -0.137. The molecule has 0 aliphatic heterocycles. The van der Waals surface area contributed by atoms with Crippen molar-refractivity contribution in [2.24, 2.45) is 7.05 Å².